The number of pyridine rings is 1. The molecule has 0 bridgehead atoms. The van der Waals surface area contributed by atoms with Gasteiger partial charge in [0.1, 0.15) is 5.82 Å². The number of thiazole rings is 1. The fourth-order valence-corrected chi connectivity index (χ4v) is 2.82. The van der Waals surface area contributed by atoms with Gasteiger partial charge >= 0.3 is 0 Å². The van der Waals surface area contributed by atoms with Crippen molar-refractivity contribution in [1.82, 2.24) is 9.97 Å². The zero-order chi connectivity index (χ0) is 14.1. The molecule has 0 aliphatic rings. The van der Waals surface area contributed by atoms with Crippen molar-refractivity contribution in [3.63, 3.8) is 0 Å². The van der Waals surface area contributed by atoms with Gasteiger partial charge in [0.2, 0.25) is 0 Å². The van der Waals surface area contributed by atoms with Crippen LogP contribution in [-0.4, -0.2) is 15.9 Å². The second-order valence-electron chi connectivity index (χ2n) is 4.36. The lowest BCUT2D eigenvalue weighted by Gasteiger charge is -2.05. The molecule has 1 aromatic carbocycles. The largest absolute Gasteiger partial charge is 0.375 e. The predicted octanol–water partition coefficient (Wildman–Crippen LogP) is 2.83. The average molecular weight is 284 g/mol. The number of carbonyl (C=O) groups is 1. The van der Waals surface area contributed by atoms with Gasteiger partial charge in [-0.3, -0.25) is 4.79 Å². The lowest BCUT2D eigenvalue weighted by atomic mass is 10.1. The number of nitrogens with two attached hydrogens (primary N) is 1. The van der Waals surface area contributed by atoms with Crippen LogP contribution in [0.25, 0.3) is 10.2 Å². The first-order valence-corrected chi connectivity index (χ1v) is 6.84. The summed E-state index contributed by atoms with van der Waals surface area (Å²) in [5.41, 5.74) is 8.06. The van der Waals surface area contributed by atoms with Crippen LogP contribution in [-0.2, 0) is 0 Å². The number of benzene rings is 1. The van der Waals surface area contributed by atoms with Crippen molar-refractivity contribution in [2.75, 3.05) is 11.1 Å². The standard InChI is InChI=1S/C14H12N4OS/c1-8-6-9(7-10-12(8)18-14(15)20-10)13(19)17-11-4-2-3-5-16-11/h2-7H,1H3,(H2,15,18)(H,16,17,19). The van der Waals surface area contributed by atoms with E-state index in [1.54, 1.807) is 30.5 Å². The number of nitrogens with one attached hydrogen (secondary N) is 1. The van der Waals surface area contributed by atoms with Gasteiger partial charge in [-0.15, -0.1) is 0 Å². The van der Waals surface area contributed by atoms with E-state index in [0.29, 0.717) is 16.5 Å². The number of aromatic nitrogens is 2. The maximum absolute atomic E-state index is 12.2. The summed E-state index contributed by atoms with van der Waals surface area (Å²) in [6, 6.07) is 8.97. The molecule has 0 spiro atoms. The van der Waals surface area contributed by atoms with Crippen LogP contribution in [0.5, 0.6) is 0 Å². The molecular formula is C14H12N4OS. The third kappa shape index (κ3) is 2.33. The molecule has 2 aromatic heterocycles. The smallest absolute Gasteiger partial charge is 0.256 e. The van der Waals surface area contributed by atoms with Crippen LogP contribution < -0.4 is 11.1 Å². The summed E-state index contributed by atoms with van der Waals surface area (Å²) in [4.78, 5) is 20.5. The van der Waals surface area contributed by atoms with Gasteiger partial charge in [-0.2, -0.15) is 0 Å². The van der Waals surface area contributed by atoms with Crippen molar-refractivity contribution in [1.29, 1.82) is 0 Å². The Labute approximate surface area is 119 Å². The molecule has 0 unspecified atom stereocenters. The van der Waals surface area contributed by atoms with Crippen LogP contribution in [0.1, 0.15) is 15.9 Å². The van der Waals surface area contributed by atoms with Crippen molar-refractivity contribution >= 4 is 38.4 Å². The van der Waals surface area contributed by atoms with E-state index in [2.05, 4.69) is 15.3 Å². The molecule has 20 heavy (non-hydrogen) atoms. The summed E-state index contributed by atoms with van der Waals surface area (Å²) in [5, 5.41) is 3.26. The maximum Gasteiger partial charge on any atom is 0.256 e. The highest BCUT2D eigenvalue weighted by Crippen LogP contribution is 2.27. The zero-order valence-corrected chi connectivity index (χ0v) is 11.6. The summed E-state index contributed by atoms with van der Waals surface area (Å²) >= 11 is 1.38. The van der Waals surface area contributed by atoms with Crippen LogP contribution in [0.2, 0.25) is 0 Å². The van der Waals surface area contributed by atoms with Crippen LogP contribution in [0.4, 0.5) is 10.9 Å². The minimum absolute atomic E-state index is 0.194. The number of aryl methyl sites for hydroxylation is 1. The summed E-state index contributed by atoms with van der Waals surface area (Å²) in [7, 11) is 0. The number of fused-ring (bicyclic) bond motifs is 1. The lowest BCUT2D eigenvalue weighted by molar-refractivity contribution is 0.102. The first-order valence-electron chi connectivity index (χ1n) is 6.02. The number of nitrogens with zero attached hydrogens (tertiary/aromatic N) is 2. The lowest BCUT2D eigenvalue weighted by Crippen LogP contribution is -2.12. The molecular weight excluding hydrogens is 272 g/mol. The number of anilines is 2. The highest BCUT2D eigenvalue weighted by atomic mass is 32.1. The number of hydrogen-bond donors (Lipinski definition) is 2. The minimum atomic E-state index is -0.194. The normalized spacial score (nSPS) is 10.7. The number of hydrogen-bond acceptors (Lipinski definition) is 5. The van der Waals surface area contributed by atoms with Crippen LogP contribution >= 0.6 is 11.3 Å². The Bertz CT molecular complexity index is 782. The van der Waals surface area contributed by atoms with Gasteiger partial charge in [0.05, 0.1) is 10.2 Å². The Morgan fingerprint density at radius 3 is 2.95 bits per heavy atom. The van der Waals surface area contributed by atoms with Gasteiger partial charge in [0.25, 0.3) is 5.91 Å². The Hall–Kier alpha value is -2.47. The molecule has 0 aliphatic heterocycles. The first kappa shape index (κ1) is 12.6. The van der Waals surface area contributed by atoms with Crippen molar-refractivity contribution in [2.24, 2.45) is 0 Å². The van der Waals surface area contributed by atoms with Crippen LogP contribution in [0.15, 0.2) is 36.5 Å². The van der Waals surface area contributed by atoms with Crippen LogP contribution in [0.3, 0.4) is 0 Å². The predicted molar refractivity (Wildman–Crippen MR) is 81.0 cm³/mol. The van der Waals surface area contributed by atoms with Crippen molar-refractivity contribution < 1.29 is 4.79 Å². The number of carbonyl (C=O) groups excluding carboxylic acids is 1. The molecule has 0 aliphatic carbocycles. The Balaban J connectivity index is 1.95. The van der Waals surface area contributed by atoms with Crippen molar-refractivity contribution in [3.05, 3.63) is 47.7 Å². The van der Waals surface area contributed by atoms with Gasteiger partial charge in [0.15, 0.2) is 5.13 Å². The molecule has 0 saturated heterocycles. The summed E-state index contributed by atoms with van der Waals surface area (Å²) in [5.74, 6) is 0.333. The Morgan fingerprint density at radius 1 is 1.35 bits per heavy atom. The van der Waals surface area contributed by atoms with E-state index >= 15 is 0 Å². The monoisotopic (exact) mass is 284 g/mol. The fourth-order valence-electron chi connectivity index (χ4n) is 1.97. The molecule has 0 saturated carbocycles. The van der Waals surface area contributed by atoms with E-state index in [4.69, 9.17) is 5.73 Å². The Kier molecular flexibility index (Phi) is 3.08. The van der Waals surface area contributed by atoms with E-state index in [1.165, 1.54) is 11.3 Å². The third-order valence-corrected chi connectivity index (χ3v) is 3.70. The van der Waals surface area contributed by atoms with E-state index < -0.39 is 0 Å². The van der Waals surface area contributed by atoms with E-state index in [0.717, 1.165) is 15.8 Å². The van der Waals surface area contributed by atoms with Gasteiger partial charge in [-0.05, 0) is 36.8 Å². The number of amides is 1. The van der Waals surface area contributed by atoms with Gasteiger partial charge in [0, 0.05) is 11.8 Å². The molecule has 3 N–H and O–H groups in total. The summed E-state index contributed by atoms with van der Waals surface area (Å²) < 4.78 is 0.911. The average Bonchev–Trinajstić information content (AvgIpc) is 2.81. The van der Waals surface area contributed by atoms with Gasteiger partial charge in [-0.25, -0.2) is 9.97 Å². The SMILES string of the molecule is Cc1cc(C(=O)Nc2ccccn2)cc2sc(N)nc12. The molecule has 100 valence electrons. The van der Waals surface area contributed by atoms with Crippen LogP contribution in [0, 0.1) is 6.92 Å². The molecule has 3 aromatic rings. The van der Waals surface area contributed by atoms with Crippen molar-refractivity contribution in [2.45, 2.75) is 6.92 Å². The topological polar surface area (TPSA) is 80.9 Å². The second kappa shape index (κ2) is 4.90. The maximum atomic E-state index is 12.2. The molecule has 5 nitrogen and oxygen atoms in total. The highest BCUT2D eigenvalue weighted by Gasteiger charge is 2.12. The van der Waals surface area contributed by atoms with E-state index in [9.17, 15) is 4.79 Å². The van der Waals surface area contributed by atoms with E-state index in [-0.39, 0.29) is 5.91 Å². The molecule has 3 rings (SSSR count). The highest BCUT2D eigenvalue weighted by molar-refractivity contribution is 7.22. The summed E-state index contributed by atoms with van der Waals surface area (Å²) in [6.45, 7) is 1.92. The summed E-state index contributed by atoms with van der Waals surface area (Å²) in [6.07, 6.45) is 1.63. The molecule has 6 heteroatoms. The Morgan fingerprint density at radius 2 is 2.20 bits per heavy atom. The fraction of sp³-hybridized carbons (Fsp3) is 0.0714. The molecule has 1 amide bonds. The molecule has 0 fully saturated rings. The molecule has 0 radical (unpaired) electrons. The second-order valence-corrected chi connectivity index (χ2v) is 5.42. The molecule has 2 heterocycles. The van der Waals surface area contributed by atoms with Gasteiger partial charge < -0.3 is 11.1 Å². The number of rotatable bonds is 2. The number of nitrogen functional groups attached to an aromatic ring is 1. The van der Waals surface area contributed by atoms with Crippen molar-refractivity contribution in [3.8, 4) is 0 Å². The van der Waals surface area contributed by atoms with E-state index in [1.807, 2.05) is 13.0 Å². The zero-order valence-electron chi connectivity index (χ0n) is 10.8. The van der Waals surface area contributed by atoms with Gasteiger partial charge in [-0.1, -0.05) is 17.4 Å². The first-order chi connectivity index (χ1) is 9.63. The molecule has 0 atom stereocenters. The quantitative estimate of drug-likeness (QED) is 0.758. The third-order valence-electron chi connectivity index (χ3n) is 2.87. The minimum Gasteiger partial charge on any atom is -0.375 e.